The number of nitrogens with zero attached hydrogens (tertiary/aromatic N) is 1. The first-order valence-corrected chi connectivity index (χ1v) is 4.66. The molecule has 0 aliphatic carbocycles. The van der Waals surface area contributed by atoms with Crippen molar-refractivity contribution in [3.05, 3.63) is 12.2 Å². The Hall–Kier alpha value is -0.440. The van der Waals surface area contributed by atoms with Crippen LogP contribution in [0.15, 0.2) is 12.2 Å². The molecule has 0 spiro atoms. The second-order valence-electron chi connectivity index (χ2n) is 4.10. The van der Waals surface area contributed by atoms with Crippen molar-refractivity contribution in [1.29, 1.82) is 0 Å². The molecular formula is C10H17F2N. The lowest BCUT2D eigenvalue weighted by Gasteiger charge is -2.36. The molecular weight excluding hydrogens is 172 g/mol. The molecule has 1 unspecified atom stereocenters. The summed E-state index contributed by atoms with van der Waals surface area (Å²) in [6.07, 6.45) is -0.0125. The van der Waals surface area contributed by atoms with E-state index in [0.29, 0.717) is 13.1 Å². The number of halogens is 2. The first kappa shape index (κ1) is 10.6. The molecule has 1 fully saturated rings. The molecule has 0 bridgehead atoms. The van der Waals surface area contributed by atoms with E-state index in [0.717, 1.165) is 12.1 Å². The lowest BCUT2D eigenvalue weighted by molar-refractivity contribution is -0.0973. The van der Waals surface area contributed by atoms with Crippen LogP contribution in [0.1, 0.15) is 20.3 Å². The topological polar surface area (TPSA) is 3.24 Å². The van der Waals surface area contributed by atoms with E-state index < -0.39 is 11.8 Å². The van der Waals surface area contributed by atoms with Gasteiger partial charge in [-0.15, -0.1) is 0 Å². The molecule has 13 heavy (non-hydrogen) atoms. The highest BCUT2D eigenvalue weighted by atomic mass is 19.3. The lowest BCUT2D eigenvalue weighted by atomic mass is 9.95. The van der Waals surface area contributed by atoms with E-state index in [2.05, 4.69) is 6.58 Å². The van der Waals surface area contributed by atoms with Crippen LogP contribution in [0.25, 0.3) is 0 Å². The van der Waals surface area contributed by atoms with Gasteiger partial charge in [-0.3, -0.25) is 4.90 Å². The van der Waals surface area contributed by atoms with Crippen molar-refractivity contribution in [2.75, 3.05) is 19.6 Å². The fraction of sp³-hybridized carbons (Fsp3) is 0.800. The van der Waals surface area contributed by atoms with Crippen LogP contribution >= 0.6 is 0 Å². The van der Waals surface area contributed by atoms with Crippen molar-refractivity contribution in [3.8, 4) is 0 Å². The summed E-state index contributed by atoms with van der Waals surface area (Å²) in [5.41, 5.74) is 1.04. The Morgan fingerprint density at radius 2 is 2.23 bits per heavy atom. The Balaban J connectivity index is 2.46. The Morgan fingerprint density at radius 3 is 2.69 bits per heavy atom. The Labute approximate surface area is 78.4 Å². The van der Waals surface area contributed by atoms with Gasteiger partial charge in [0.1, 0.15) is 0 Å². The summed E-state index contributed by atoms with van der Waals surface area (Å²) in [5, 5.41) is 0. The number of hydrogen-bond donors (Lipinski definition) is 0. The normalized spacial score (nSPS) is 28.8. The molecule has 1 atom stereocenters. The zero-order valence-corrected chi connectivity index (χ0v) is 8.32. The Morgan fingerprint density at radius 1 is 1.62 bits per heavy atom. The summed E-state index contributed by atoms with van der Waals surface area (Å²) in [6, 6.07) is 0. The fourth-order valence-corrected chi connectivity index (χ4v) is 1.69. The molecule has 0 radical (unpaired) electrons. The van der Waals surface area contributed by atoms with Crippen LogP contribution in [-0.2, 0) is 0 Å². The predicted molar refractivity (Wildman–Crippen MR) is 50.0 cm³/mol. The van der Waals surface area contributed by atoms with Gasteiger partial charge in [-0.05, 0) is 6.92 Å². The maximum absolute atomic E-state index is 13.1. The van der Waals surface area contributed by atoms with Crippen LogP contribution < -0.4 is 0 Å². The van der Waals surface area contributed by atoms with E-state index in [1.807, 2.05) is 11.8 Å². The maximum atomic E-state index is 13.1. The molecule has 0 aromatic carbocycles. The van der Waals surface area contributed by atoms with Gasteiger partial charge in [-0.25, -0.2) is 8.78 Å². The summed E-state index contributed by atoms with van der Waals surface area (Å²) in [4.78, 5) is 2.05. The van der Waals surface area contributed by atoms with Gasteiger partial charge in [-0.1, -0.05) is 19.1 Å². The highest BCUT2D eigenvalue weighted by molar-refractivity contribution is 4.94. The second-order valence-corrected chi connectivity index (χ2v) is 4.10. The summed E-state index contributed by atoms with van der Waals surface area (Å²) in [6.45, 7) is 9.05. The van der Waals surface area contributed by atoms with Crippen LogP contribution in [0.3, 0.4) is 0 Å². The zero-order chi connectivity index (χ0) is 10.1. The minimum atomic E-state index is -2.47. The van der Waals surface area contributed by atoms with Crippen molar-refractivity contribution >= 4 is 0 Å². The molecule has 1 saturated heterocycles. The zero-order valence-electron chi connectivity index (χ0n) is 8.32. The number of piperidine rings is 1. The van der Waals surface area contributed by atoms with Gasteiger partial charge in [0, 0.05) is 32.0 Å². The SMILES string of the molecule is C=C(C)CN1CCC(F)(F)C(C)C1. The molecule has 0 saturated carbocycles. The molecule has 1 aliphatic heterocycles. The highest BCUT2D eigenvalue weighted by Gasteiger charge is 2.40. The van der Waals surface area contributed by atoms with E-state index in [4.69, 9.17) is 0 Å². The maximum Gasteiger partial charge on any atom is 0.253 e. The largest absolute Gasteiger partial charge is 0.299 e. The molecule has 1 aliphatic rings. The summed E-state index contributed by atoms with van der Waals surface area (Å²) < 4.78 is 26.1. The Kier molecular flexibility index (Phi) is 3.06. The van der Waals surface area contributed by atoms with Crippen molar-refractivity contribution in [3.63, 3.8) is 0 Å². The lowest BCUT2D eigenvalue weighted by Crippen LogP contribution is -2.46. The average molecular weight is 189 g/mol. The third kappa shape index (κ3) is 2.76. The van der Waals surface area contributed by atoms with E-state index in [9.17, 15) is 8.78 Å². The van der Waals surface area contributed by atoms with Crippen molar-refractivity contribution < 1.29 is 8.78 Å². The molecule has 1 heterocycles. The molecule has 3 heteroatoms. The Bertz CT molecular complexity index is 201. The van der Waals surface area contributed by atoms with Gasteiger partial charge in [-0.2, -0.15) is 0 Å². The standard InChI is InChI=1S/C10H17F2N/c1-8(2)6-13-5-4-10(11,12)9(3)7-13/h9H,1,4-7H2,2-3H3. The van der Waals surface area contributed by atoms with E-state index in [-0.39, 0.29) is 6.42 Å². The smallest absolute Gasteiger partial charge is 0.253 e. The number of hydrogen-bond acceptors (Lipinski definition) is 1. The van der Waals surface area contributed by atoms with Crippen molar-refractivity contribution in [1.82, 2.24) is 4.90 Å². The van der Waals surface area contributed by atoms with Gasteiger partial charge in [0.25, 0.3) is 5.92 Å². The summed E-state index contributed by atoms with van der Waals surface area (Å²) >= 11 is 0. The predicted octanol–water partition coefficient (Wildman–Crippen LogP) is 2.54. The molecule has 76 valence electrons. The van der Waals surface area contributed by atoms with E-state index in [1.54, 1.807) is 6.92 Å². The molecule has 0 aromatic rings. The van der Waals surface area contributed by atoms with Gasteiger partial charge in [0.2, 0.25) is 0 Å². The van der Waals surface area contributed by atoms with Crippen LogP contribution in [0.2, 0.25) is 0 Å². The van der Waals surface area contributed by atoms with Crippen molar-refractivity contribution in [2.24, 2.45) is 5.92 Å². The quantitative estimate of drug-likeness (QED) is 0.603. The number of alkyl halides is 2. The van der Waals surface area contributed by atoms with Gasteiger partial charge >= 0.3 is 0 Å². The van der Waals surface area contributed by atoms with E-state index >= 15 is 0 Å². The second kappa shape index (κ2) is 3.74. The monoisotopic (exact) mass is 189 g/mol. The molecule has 0 N–H and O–H groups in total. The first-order valence-electron chi connectivity index (χ1n) is 4.66. The van der Waals surface area contributed by atoms with Crippen LogP contribution in [-0.4, -0.2) is 30.5 Å². The van der Waals surface area contributed by atoms with Crippen molar-refractivity contribution in [2.45, 2.75) is 26.2 Å². The van der Waals surface area contributed by atoms with Gasteiger partial charge in [0.15, 0.2) is 0 Å². The fourth-order valence-electron chi connectivity index (χ4n) is 1.69. The number of rotatable bonds is 2. The highest BCUT2D eigenvalue weighted by Crippen LogP contribution is 2.32. The van der Waals surface area contributed by atoms with E-state index in [1.165, 1.54) is 0 Å². The minimum absolute atomic E-state index is 0.0125. The summed E-state index contributed by atoms with van der Waals surface area (Å²) in [7, 11) is 0. The van der Waals surface area contributed by atoms with Crippen LogP contribution in [0.5, 0.6) is 0 Å². The minimum Gasteiger partial charge on any atom is -0.299 e. The molecule has 1 nitrogen and oxygen atoms in total. The summed E-state index contributed by atoms with van der Waals surface area (Å²) in [5.74, 6) is -2.99. The van der Waals surface area contributed by atoms with Gasteiger partial charge < -0.3 is 0 Å². The number of likely N-dealkylation sites (tertiary alicyclic amines) is 1. The van der Waals surface area contributed by atoms with Crippen LogP contribution in [0, 0.1) is 5.92 Å². The van der Waals surface area contributed by atoms with Crippen LogP contribution in [0.4, 0.5) is 8.78 Å². The third-order valence-corrected chi connectivity index (χ3v) is 2.51. The molecule has 1 rings (SSSR count). The first-order chi connectivity index (χ1) is 5.92. The average Bonchev–Trinajstić information content (AvgIpc) is 1.97. The van der Waals surface area contributed by atoms with Gasteiger partial charge in [0.05, 0.1) is 0 Å². The third-order valence-electron chi connectivity index (χ3n) is 2.51. The molecule has 0 aromatic heterocycles. The molecule has 0 amide bonds.